The molecule has 0 unspecified atom stereocenters. The maximum absolute atomic E-state index is 2.60. The monoisotopic (exact) mass is 348 g/mol. The SMILES string of the molecule is CC(C)(C)C1=C(c2ccccc2)[P@]1C([Si](C)(C)C)[Si](C)(C)C. The van der Waals surface area contributed by atoms with E-state index in [0.717, 1.165) is 4.91 Å². The van der Waals surface area contributed by atoms with Gasteiger partial charge >= 0.3 is 0 Å². The van der Waals surface area contributed by atoms with Crippen LogP contribution in [0.25, 0.3) is 5.31 Å². The molecule has 0 fully saturated rings. The molecule has 0 aromatic heterocycles. The number of rotatable bonds is 4. The van der Waals surface area contributed by atoms with Gasteiger partial charge in [0, 0.05) is 16.1 Å². The number of hydrogen-bond acceptors (Lipinski definition) is 0. The lowest BCUT2D eigenvalue weighted by atomic mass is 9.95. The second-order valence-corrected chi connectivity index (χ2v) is 24.1. The Kier molecular flexibility index (Phi) is 4.72. The highest BCUT2D eigenvalue weighted by atomic mass is 31.1. The van der Waals surface area contributed by atoms with Crippen LogP contribution in [0.15, 0.2) is 35.6 Å². The van der Waals surface area contributed by atoms with Gasteiger partial charge in [0.1, 0.15) is 0 Å². The minimum Gasteiger partial charge on any atom is -0.0693 e. The van der Waals surface area contributed by atoms with E-state index in [-0.39, 0.29) is 7.92 Å². The van der Waals surface area contributed by atoms with Crippen molar-refractivity contribution in [3.05, 3.63) is 41.2 Å². The van der Waals surface area contributed by atoms with Gasteiger partial charge in [0.25, 0.3) is 0 Å². The van der Waals surface area contributed by atoms with Gasteiger partial charge in [-0.3, -0.25) is 0 Å². The minimum atomic E-state index is -1.17. The molecule has 1 atom stereocenters. The van der Waals surface area contributed by atoms with Gasteiger partial charge in [-0.15, -0.1) is 0 Å². The summed E-state index contributed by atoms with van der Waals surface area (Å²) in [6, 6.07) is 11.2. The summed E-state index contributed by atoms with van der Waals surface area (Å²) in [4.78, 5) is 0.999. The van der Waals surface area contributed by atoms with Gasteiger partial charge in [0.2, 0.25) is 0 Å². The summed E-state index contributed by atoms with van der Waals surface area (Å²) in [7, 11) is -2.36. The number of allylic oxidation sites excluding steroid dienone is 1. The third-order valence-electron chi connectivity index (χ3n) is 4.31. The van der Waals surface area contributed by atoms with Gasteiger partial charge in [0.15, 0.2) is 0 Å². The molecule has 0 saturated carbocycles. The molecular formula is C19H33PSi2. The molecule has 2 rings (SSSR count). The third-order valence-corrected chi connectivity index (χ3v) is 21.6. The fourth-order valence-corrected chi connectivity index (χ4v) is 24.9. The summed E-state index contributed by atoms with van der Waals surface area (Å²) in [5.41, 5.74) is 1.83. The molecule has 122 valence electrons. The topological polar surface area (TPSA) is 0 Å². The van der Waals surface area contributed by atoms with Gasteiger partial charge in [-0.1, -0.05) is 90.4 Å². The minimum absolute atomic E-state index is 0.0244. The van der Waals surface area contributed by atoms with Crippen molar-refractivity contribution in [3.63, 3.8) is 0 Å². The van der Waals surface area contributed by atoms with Gasteiger partial charge < -0.3 is 0 Å². The molecule has 0 spiro atoms. The highest BCUT2D eigenvalue weighted by molar-refractivity contribution is 7.86. The summed E-state index contributed by atoms with van der Waals surface area (Å²) < 4.78 is 0. The summed E-state index contributed by atoms with van der Waals surface area (Å²) in [6.45, 7) is 22.8. The first-order valence-electron chi connectivity index (χ1n) is 8.44. The average molecular weight is 349 g/mol. The lowest BCUT2D eigenvalue weighted by Crippen LogP contribution is -2.51. The standard InChI is InChI=1S/C19H33PSi2/c1-19(2,3)17-16(15-13-11-10-12-14-15)20(17)18(21(4,5)6)22(7,8)9/h10-14,18H,1-9H3/t20-/m0/s1. The number of benzene rings is 1. The van der Waals surface area contributed by atoms with Crippen molar-refractivity contribution in [3.8, 4) is 0 Å². The quantitative estimate of drug-likeness (QED) is 0.405. The molecule has 0 N–H and O–H groups in total. The number of hydrogen-bond donors (Lipinski definition) is 0. The zero-order chi connectivity index (χ0) is 16.9. The van der Waals surface area contributed by atoms with Crippen LogP contribution >= 0.6 is 7.92 Å². The van der Waals surface area contributed by atoms with E-state index in [1.807, 2.05) is 5.31 Å². The Hall–Kier alpha value is -0.176. The fraction of sp³-hybridized carbons (Fsp3) is 0.579. The molecule has 3 heteroatoms. The van der Waals surface area contributed by atoms with Gasteiger partial charge in [-0.25, -0.2) is 0 Å². The van der Waals surface area contributed by atoms with Crippen LogP contribution in [0.4, 0.5) is 0 Å². The Morgan fingerprint density at radius 1 is 0.818 bits per heavy atom. The lowest BCUT2D eigenvalue weighted by molar-refractivity contribution is 0.539. The van der Waals surface area contributed by atoms with Crippen LogP contribution < -0.4 is 0 Å². The zero-order valence-electron chi connectivity index (χ0n) is 15.9. The van der Waals surface area contributed by atoms with Crippen LogP contribution in [-0.2, 0) is 0 Å². The highest BCUT2D eigenvalue weighted by Gasteiger charge is 2.54. The van der Waals surface area contributed by atoms with Crippen LogP contribution in [0, 0.1) is 5.41 Å². The molecule has 1 aliphatic heterocycles. The maximum Gasteiger partial charge on any atom is 0.0499 e. The van der Waals surface area contributed by atoms with Crippen molar-refractivity contribution >= 4 is 29.4 Å². The first kappa shape index (κ1) is 18.2. The van der Waals surface area contributed by atoms with Crippen molar-refractivity contribution in [2.45, 2.75) is 65.0 Å². The molecule has 0 saturated heterocycles. The molecule has 1 aliphatic rings. The molecule has 1 aromatic carbocycles. The molecule has 22 heavy (non-hydrogen) atoms. The van der Waals surface area contributed by atoms with Crippen LogP contribution in [0.3, 0.4) is 0 Å². The predicted octanol–water partition coefficient (Wildman–Crippen LogP) is 7.02. The summed E-state index contributed by atoms with van der Waals surface area (Å²) in [5.74, 6) is 0. The summed E-state index contributed by atoms with van der Waals surface area (Å²) in [6.07, 6.45) is 0. The second-order valence-electron chi connectivity index (χ2n) is 9.82. The molecule has 0 bridgehead atoms. The molecule has 1 aromatic rings. The zero-order valence-corrected chi connectivity index (χ0v) is 18.8. The van der Waals surface area contributed by atoms with Crippen LogP contribution in [0.1, 0.15) is 26.3 Å². The first-order valence-corrected chi connectivity index (χ1v) is 17.0. The Bertz CT molecular complexity index is 554. The fourth-order valence-electron chi connectivity index (χ4n) is 4.10. The molecule has 0 aliphatic carbocycles. The van der Waals surface area contributed by atoms with E-state index in [1.54, 1.807) is 5.31 Å². The van der Waals surface area contributed by atoms with E-state index >= 15 is 0 Å². The highest BCUT2D eigenvalue weighted by Crippen LogP contribution is 2.82. The van der Waals surface area contributed by atoms with E-state index in [4.69, 9.17) is 0 Å². The van der Waals surface area contributed by atoms with E-state index in [1.165, 1.54) is 5.56 Å². The van der Waals surface area contributed by atoms with E-state index in [2.05, 4.69) is 90.4 Å². The molecule has 0 amide bonds. The van der Waals surface area contributed by atoms with Crippen LogP contribution in [-0.4, -0.2) is 21.1 Å². The van der Waals surface area contributed by atoms with Gasteiger partial charge in [0.05, 0.1) is 0 Å². The van der Waals surface area contributed by atoms with Crippen molar-refractivity contribution in [1.82, 2.24) is 0 Å². The smallest absolute Gasteiger partial charge is 0.0499 e. The van der Waals surface area contributed by atoms with Crippen LogP contribution in [0.5, 0.6) is 0 Å². The molecule has 0 nitrogen and oxygen atoms in total. The normalized spacial score (nSPS) is 19.8. The van der Waals surface area contributed by atoms with Crippen molar-refractivity contribution in [1.29, 1.82) is 0 Å². The largest absolute Gasteiger partial charge is 0.0693 e. The van der Waals surface area contributed by atoms with E-state index in [0.29, 0.717) is 5.41 Å². The van der Waals surface area contributed by atoms with E-state index in [9.17, 15) is 0 Å². The Labute approximate surface area is 141 Å². The summed E-state index contributed by atoms with van der Waals surface area (Å²) >= 11 is 0. The maximum atomic E-state index is 2.60. The Balaban J connectivity index is 2.48. The molecule has 0 radical (unpaired) electrons. The van der Waals surface area contributed by atoms with E-state index < -0.39 is 16.1 Å². The summed E-state index contributed by atoms with van der Waals surface area (Å²) in [5, 5.41) is 3.56. The van der Waals surface area contributed by atoms with Crippen molar-refractivity contribution < 1.29 is 0 Å². The Morgan fingerprint density at radius 2 is 1.27 bits per heavy atom. The molecular weight excluding hydrogens is 315 g/mol. The van der Waals surface area contributed by atoms with Crippen molar-refractivity contribution in [2.75, 3.05) is 0 Å². The van der Waals surface area contributed by atoms with Gasteiger partial charge in [-0.05, 0) is 34.4 Å². The second kappa shape index (κ2) is 5.72. The third kappa shape index (κ3) is 3.66. The molecule has 1 heterocycles. The first-order chi connectivity index (χ1) is 9.85. The van der Waals surface area contributed by atoms with Crippen molar-refractivity contribution in [2.24, 2.45) is 5.41 Å². The lowest BCUT2D eigenvalue weighted by Gasteiger charge is -2.40. The Morgan fingerprint density at radius 3 is 1.64 bits per heavy atom. The predicted molar refractivity (Wildman–Crippen MR) is 110 cm³/mol. The average Bonchev–Trinajstić information content (AvgIpc) is 3.00. The van der Waals surface area contributed by atoms with Crippen LogP contribution in [0.2, 0.25) is 39.3 Å². The van der Waals surface area contributed by atoms with Gasteiger partial charge in [-0.2, -0.15) is 0 Å².